The molecule has 30 heavy (non-hydrogen) atoms. The molecular formula is C23H11O6S-. The van der Waals surface area contributed by atoms with E-state index >= 15 is 0 Å². The number of aliphatic carboxylic acids is 1. The first-order valence-corrected chi connectivity index (χ1v) is 9.97. The van der Waals surface area contributed by atoms with Crippen LogP contribution in [0.15, 0.2) is 61.6 Å². The van der Waals surface area contributed by atoms with Crippen molar-refractivity contribution >= 4 is 59.0 Å². The number of carboxylic acids is 1. The number of hydrogen-bond acceptors (Lipinski definition) is 7. The summed E-state index contributed by atoms with van der Waals surface area (Å²) in [5.74, 6) is -1.22. The van der Waals surface area contributed by atoms with Gasteiger partial charge in [0, 0.05) is 27.5 Å². The minimum atomic E-state index is -1.22. The fraction of sp³-hybridized carbons (Fsp3) is 0.0870. The number of carbonyl (C=O) groups is 1. The normalized spacial score (nSPS) is 11.7. The van der Waals surface area contributed by atoms with Gasteiger partial charge in [0.25, 0.3) is 0 Å². The van der Waals surface area contributed by atoms with Gasteiger partial charge in [0.2, 0.25) is 10.9 Å². The summed E-state index contributed by atoms with van der Waals surface area (Å²) < 4.78 is 0.199. The smallest absolute Gasteiger partial charge is 0.204 e. The number of carboxylic acid groups (broad SMARTS) is 1. The Kier molecular flexibility index (Phi) is 3.91. The van der Waals surface area contributed by atoms with Gasteiger partial charge in [-0.05, 0) is 30.5 Å². The number of benzene rings is 4. The Labute approximate surface area is 170 Å². The predicted molar refractivity (Wildman–Crippen MR) is 115 cm³/mol. The molecule has 7 heteroatoms. The summed E-state index contributed by atoms with van der Waals surface area (Å²) in [5, 5.41) is 11.5. The van der Waals surface area contributed by atoms with Crippen LogP contribution in [0.3, 0.4) is 0 Å². The van der Waals surface area contributed by atoms with Gasteiger partial charge in [-0.25, -0.2) is 0 Å². The highest BCUT2D eigenvalue weighted by atomic mass is 32.1. The van der Waals surface area contributed by atoms with E-state index in [0.717, 1.165) is 11.3 Å². The fourth-order valence-corrected chi connectivity index (χ4v) is 5.16. The van der Waals surface area contributed by atoms with Gasteiger partial charge in [-0.15, -0.1) is 11.3 Å². The molecule has 0 fully saturated rings. The third kappa shape index (κ3) is 2.45. The molecule has 4 aromatic carbocycles. The molecule has 0 aliphatic heterocycles. The minimum Gasteiger partial charge on any atom is -0.550 e. The fourth-order valence-electron chi connectivity index (χ4n) is 3.96. The topological polar surface area (TPSA) is 108 Å². The Morgan fingerprint density at radius 2 is 1.27 bits per heavy atom. The first-order valence-electron chi connectivity index (χ1n) is 9.16. The molecule has 0 radical (unpaired) electrons. The molecule has 146 valence electrons. The Morgan fingerprint density at radius 1 is 0.733 bits per heavy atom. The SMILES string of the molecule is O=C([O-])CCc1ccc2c(=O)c3sc4c(=O)c5ccccc5c(=O)c4c3c(=O)c2c1. The molecule has 0 spiro atoms. The second-order valence-corrected chi connectivity index (χ2v) is 8.14. The second kappa shape index (κ2) is 6.40. The van der Waals surface area contributed by atoms with Crippen LogP contribution < -0.4 is 26.8 Å². The van der Waals surface area contributed by atoms with Crippen molar-refractivity contribution in [1.29, 1.82) is 0 Å². The van der Waals surface area contributed by atoms with Crippen molar-refractivity contribution < 1.29 is 9.90 Å². The van der Waals surface area contributed by atoms with Crippen LogP contribution in [0, 0.1) is 0 Å². The molecule has 5 aromatic rings. The number of aryl methyl sites for hydroxylation is 1. The zero-order valence-corrected chi connectivity index (χ0v) is 16.1. The Balaban J connectivity index is 1.98. The summed E-state index contributed by atoms with van der Waals surface area (Å²) in [7, 11) is 0. The molecule has 1 heterocycles. The zero-order valence-electron chi connectivity index (χ0n) is 15.3. The standard InChI is InChI=1S/C23H12O6S/c24-15(25)8-6-10-5-7-13-14(9-10)19(27)17-16-18(26)11-3-1-2-4-12(11)20(28)22(16)30-23(17)21(13)29/h1-5,7,9H,6,8H2,(H,24,25)/p-1. The van der Waals surface area contributed by atoms with Crippen molar-refractivity contribution in [2.75, 3.05) is 0 Å². The number of carbonyl (C=O) groups excluding carboxylic acids is 1. The van der Waals surface area contributed by atoms with E-state index in [1.165, 1.54) is 18.2 Å². The molecule has 0 aliphatic rings. The van der Waals surface area contributed by atoms with Crippen LogP contribution in [0.2, 0.25) is 0 Å². The first kappa shape index (κ1) is 18.3. The number of hydrogen-bond donors (Lipinski definition) is 0. The Bertz CT molecular complexity index is 1750. The van der Waals surface area contributed by atoms with Crippen LogP contribution in [-0.2, 0) is 11.2 Å². The molecule has 0 amide bonds. The summed E-state index contributed by atoms with van der Waals surface area (Å²) >= 11 is 0.880. The summed E-state index contributed by atoms with van der Waals surface area (Å²) in [6.07, 6.45) is -0.0692. The van der Waals surface area contributed by atoms with E-state index in [1.54, 1.807) is 24.3 Å². The van der Waals surface area contributed by atoms with Crippen LogP contribution in [0.1, 0.15) is 12.0 Å². The number of fused-ring (bicyclic) bond motifs is 5. The molecule has 0 saturated heterocycles. The maximum atomic E-state index is 13.3. The largest absolute Gasteiger partial charge is 0.550 e. The summed E-state index contributed by atoms with van der Waals surface area (Å²) in [6, 6.07) is 10.9. The second-order valence-electron chi connectivity index (χ2n) is 7.12. The van der Waals surface area contributed by atoms with E-state index in [1.807, 2.05) is 0 Å². The van der Waals surface area contributed by atoms with Crippen LogP contribution in [0.25, 0.3) is 41.7 Å². The Morgan fingerprint density at radius 3 is 1.87 bits per heavy atom. The third-order valence-electron chi connectivity index (χ3n) is 5.38. The van der Waals surface area contributed by atoms with Gasteiger partial charge in [-0.2, -0.15) is 0 Å². The maximum absolute atomic E-state index is 13.3. The van der Waals surface area contributed by atoms with E-state index < -0.39 is 22.3 Å². The van der Waals surface area contributed by atoms with Crippen molar-refractivity contribution in [2.45, 2.75) is 12.8 Å². The lowest BCUT2D eigenvalue weighted by Gasteiger charge is -2.04. The highest BCUT2D eigenvalue weighted by Gasteiger charge is 2.21. The highest BCUT2D eigenvalue weighted by molar-refractivity contribution is 7.25. The van der Waals surface area contributed by atoms with Gasteiger partial charge in [0.1, 0.15) is 0 Å². The van der Waals surface area contributed by atoms with Gasteiger partial charge in [-0.3, -0.25) is 19.2 Å². The van der Waals surface area contributed by atoms with E-state index in [9.17, 15) is 29.1 Å². The van der Waals surface area contributed by atoms with Crippen LogP contribution >= 0.6 is 11.3 Å². The molecule has 5 rings (SSSR count). The minimum absolute atomic E-state index is 0.0113. The lowest BCUT2D eigenvalue weighted by Crippen LogP contribution is -2.22. The molecule has 0 saturated carbocycles. The van der Waals surface area contributed by atoms with Crippen molar-refractivity contribution in [2.24, 2.45) is 0 Å². The molecule has 0 bridgehead atoms. The summed E-state index contributed by atoms with van der Waals surface area (Å²) in [4.78, 5) is 63.2. The van der Waals surface area contributed by atoms with E-state index in [2.05, 4.69) is 0 Å². The van der Waals surface area contributed by atoms with E-state index in [4.69, 9.17) is 0 Å². The maximum Gasteiger partial charge on any atom is 0.204 e. The van der Waals surface area contributed by atoms with Crippen molar-refractivity contribution in [3.8, 4) is 0 Å². The average molecular weight is 415 g/mol. The van der Waals surface area contributed by atoms with E-state index in [-0.39, 0.29) is 60.0 Å². The van der Waals surface area contributed by atoms with Gasteiger partial charge < -0.3 is 9.90 Å². The van der Waals surface area contributed by atoms with Crippen molar-refractivity contribution in [1.82, 2.24) is 0 Å². The monoisotopic (exact) mass is 415 g/mol. The first-order chi connectivity index (χ1) is 14.4. The van der Waals surface area contributed by atoms with Gasteiger partial charge >= 0.3 is 0 Å². The van der Waals surface area contributed by atoms with Crippen LogP contribution in [0.4, 0.5) is 0 Å². The molecule has 0 atom stereocenters. The number of rotatable bonds is 3. The van der Waals surface area contributed by atoms with E-state index in [0.29, 0.717) is 5.56 Å². The van der Waals surface area contributed by atoms with Gasteiger partial charge in [0.05, 0.1) is 20.2 Å². The zero-order chi connectivity index (χ0) is 21.2. The number of thiophene rings is 1. The molecule has 0 unspecified atom stereocenters. The highest BCUT2D eigenvalue weighted by Crippen LogP contribution is 2.29. The quantitative estimate of drug-likeness (QED) is 0.440. The lowest BCUT2D eigenvalue weighted by molar-refractivity contribution is -0.305. The van der Waals surface area contributed by atoms with Gasteiger partial charge in [-0.1, -0.05) is 30.3 Å². The Hall–Kier alpha value is -3.71. The van der Waals surface area contributed by atoms with Gasteiger partial charge in [0.15, 0.2) is 10.9 Å². The molecule has 1 aromatic heterocycles. The van der Waals surface area contributed by atoms with Crippen LogP contribution in [-0.4, -0.2) is 5.97 Å². The summed E-state index contributed by atoms with van der Waals surface area (Å²) in [5.41, 5.74) is -1.18. The van der Waals surface area contributed by atoms with Crippen molar-refractivity contribution in [3.63, 3.8) is 0 Å². The van der Waals surface area contributed by atoms with Crippen molar-refractivity contribution in [3.05, 3.63) is 88.9 Å². The average Bonchev–Trinajstić information content (AvgIpc) is 3.16. The lowest BCUT2D eigenvalue weighted by atomic mass is 9.99. The molecule has 6 nitrogen and oxygen atoms in total. The summed E-state index contributed by atoms with van der Waals surface area (Å²) in [6.45, 7) is 0. The molecular weight excluding hydrogens is 404 g/mol. The molecule has 0 aliphatic carbocycles. The molecule has 0 N–H and O–H groups in total. The third-order valence-corrected chi connectivity index (χ3v) is 6.57. The predicted octanol–water partition coefficient (Wildman–Crippen LogP) is 1.36. The van der Waals surface area contributed by atoms with Crippen LogP contribution in [0.5, 0.6) is 0 Å².